The van der Waals surface area contributed by atoms with Crippen molar-refractivity contribution < 1.29 is 14.3 Å². The SMILES string of the molecule is COC(=O)CCCN(C)CC1CN(C)CCO1. The van der Waals surface area contributed by atoms with E-state index in [0.29, 0.717) is 6.42 Å². The fourth-order valence-corrected chi connectivity index (χ4v) is 2.01. The predicted octanol–water partition coefficient (Wildman–Crippen LogP) is 0.202. The molecule has 1 rings (SSSR count). The van der Waals surface area contributed by atoms with Gasteiger partial charge in [0, 0.05) is 26.1 Å². The Kier molecular flexibility index (Phi) is 6.47. The summed E-state index contributed by atoms with van der Waals surface area (Å²) in [5.74, 6) is -0.132. The second kappa shape index (κ2) is 7.63. The van der Waals surface area contributed by atoms with Gasteiger partial charge in [-0.2, -0.15) is 0 Å². The lowest BCUT2D eigenvalue weighted by Gasteiger charge is -2.32. The molecule has 5 nitrogen and oxygen atoms in total. The van der Waals surface area contributed by atoms with Crippen molar-refractivity contribution in [2.45, 2.75) is 18.9 Å². The van der Waals surface area contributed by atoms with E-state index in [0.717, 1.165) is 39.2 Å². The summed E-state index contributed by atoms with van der Waals surface area (Å²) in [6, 6.07) is 0. The molecule has 1 aliphatic heterocycles. The van der Waals surface area contributed by atoms with Crippen molar-refractivity contribution >= 4 is 5.97 Å². The smallest absolute Gasteiger partial charge is 0.305 e. The number of ether oxygens (including phenoxy) is 2. The molecule has 0 aromatic rings. The number of nitrogens with zero attached hydrogens (tertiary/aromatic N) is 2. The highest BCUT2D eigenvalue weighted by atomic mass is 16.5. The first kappa shape index (κ1) is 14.4. The Morgan fingerprint density at radius 3 is 3.00 bits per heavy atom. The minimum absolute atomic E-state index is 0.132. The van der Waals surface area contributed by atoms with Gasteiger partial charge in [0.1, 0.15) is 0 Å². The van der Waals surface area contributed by atoms with E-state index in [9.17, 15) is 4.79 Å². The lowest BCUT2D eigenvalue weighted by Crippen LogP contribution is -2.45. The van der Waals surface area contributed by atoms with Gasteiger partial charge < -0.3 is 19.3 Å². The maximum atomic E-state index is 11.0. The molecule has 0 aromatic carbocycles. The Labute approximate surface area is 104 Å². The molecule has 0 saturated carbocycles. The van der Waals surface area contributed by atoms with Crippen molar-refractivity contribution in [1.82, 2.24) is 9.80 Å². The number of likely N-dealkylation sites (N-methyl/N-ethyl adjacent to an activating group) is 2. The van der Waals surface area contributed by atoms with Crippen LogP contribution in [-0.2, 0) is 14.3 Å². The summed E-state index contributed by atoms with van der Waals surface area (Å²) in [6.45, 7) is 4.64. The minimum atomic E-state index is -0.132. The predicted molar refractivity (Wildman–Crippen MR) is 66.0 cm³/mol. The molecule has 0 bridgehead atoms. The van der Waals surface area contributed by atoms with Crippen LogP contribution in [0.15, 0.2) is 0 Å². The van der Waals surface area contributed by atoms with Crippen LogP contribution < -0.4 is 0 Å². The van der Waals surface area contributed by atoms with Crippen molar-refractivity contribution in [3.8, 4) is 0 Å². The first-order valence-electron chi connectivity index (χ1n) is 6.17. The number of morpholine rings is 1. The van der Waals surface area contributed by atoms with E-state index in [-0.39, 0.29) is 12.1 Å². The van der Waals surface area contributed by atoms with Gasteiger partial charge in [-0.3, -0.25) is 4.79 Å². The Balaban J connectivity index is 2.11. The molecule has 0 radical (unpaired) electrons. The first-order chi connectivity index (χ1) is 8.11. The van der Waals surface area contributed by atoms with E-state index in [1.165, 1.54) is 7.11 Å². The van der Waals surface area contributed by atoms with Gasteiger partial charge in [-0.05, 0) is 27.1 Å². The van der Waals surface area contributed by atoms with Gasteiger partial charge >= 0.3 is 5.97 Å². The highest BCUT2D eigenvalue weighted by Crippen LogP contribution is 2.05. The van der Waals surface area contributed by atoms with Gasteiger partial charge in [0.25, 0.3) is 0 Å². The topological polar surface area (TPSA) is 42.0 Å². The van der Waals surface area contributed by atoms with Crippen LogP contribution in [-0.4, -0.2) is 75.9 Å². The molecule has 0 N–H and O–H groups in total. The lowest BCUT2D eigenvalue weighted by molar-refractivity contribution is -0.140. The quantitative estimate of drug-likeness (QED) is 0.625. The first-order valence-corrected chi connectivity index (χ1v) is 6.17. The molecule has 17 heavy (non-hydrogen) atoms. The van der Waals surface area contributed by atoms with Gasteiger partial charge in [0.2, 0.25) is 0 Å². The van der Waals surface area contributed by atoms with Gasteiger partial charge in [0.05, 0.1) is 19.8 Å². The molecule has 1 saturated heterocycles. The summed E-state index contributed by atoms with van der Waals surface area (Å²) < 4.78 is 10.3. The maximum absolute atomic E-state index is 11.0. The molecular formula is C12H24N2O3. The largest absolute Gasteiger partial charge is 0.469 e. The fraction of sp³-hybridized carbons (Fsp3) is 0.917. The van der Waals surface area contributed by atoms with Crippen molar-refractivity contribution in [3.05, 3.63) is 0 Å². The van der Waals surface area contributed by atoms with E-state index >= 15 is 0 Å². The van der Waals surface area contributed by atoms with E-state index in [4.69, 9.17) is 4.74 Å². The third-order valence-corrected chi connectivity index (χ3v) is 3.01. The van der Waals surface area contributed by atoms with Crippen LogP contribution in [0.5, 0.6) is 0 Å². The number of rotatable bonds is 6. The third kappa shape index (κ3) is 6.00. The van der Waals surface area contributed by atoms with Crippen molar-refractivity contribution in [3.63, 3.8) is 0 Å². The van der Waals surface area contributed by atoms with E-state index in [1.54, 1.807) is 0 Å². The van der Waals surface area contributed by atoms with Gasteiger partial charge in [-0.15, -0.1) is 0 Å². The highest BCUT2D eigenvalue weighted by molar-refractivity contribution is 5.69. The number of methoxy groups -OCH3 is 1. The maximum Gasteiger partial charge on any atom is 0.305 e. The summed E-state index contributed by atoms with van der Waals surface area (Å²) in [5, 5.41) is 0. The summed E-state index contributed by atoms with van der Waals surface area (Å²) in [5.41, 5.74) is 0. The van der Waals surface area contributed by atoms with Crippen LogP contribution in [0.2, 0.25) is 0 Å². The summed E-state index contributed by atoms with van der Waals surface area (Å²) in [7, 11) is 5.61. The zero-order chi connectivity index (χ0) is 12.7. The number of carbonyl (C=O) groups excluding carboxylic acids is 1. The monoisotopic (exact) mass is 244 g/mol. The van der Waals surface area contributed by atoms with Gasteiger partial charge in [0.15, 0.2) is 0 Å². The molecule has 1 atom stereocenters. The lowest BCUT2D eigenvalue weighted by atomic mass is 10.2. The second-order valence-corrected chi connectivity index (χ2v) is 4.70. The van der Waals surface area contributed by atoms with Gasteiger partial charge in [-0.1, -0.05) is 0 Å². The number of hydrogen-bond acceptors (Lipinski definition) is 5. The molecule has 0 amide bonds. The molecule has 1 aliphatic rings. The number of carbonyl (C=O) groups is 1. The molecule has 1 heterocycles. The van der Waals surface area contributed by atoms with Crippen LogP contribution in [0, 0.1) is 0 Å². The van der Waals surface area contributed by atoms with Crippen LogP contribution in [0.25, 0.3) is 0 Å². The fourth-order valence-electron chi connectivity index (χ4n) is 2.01. The zero-order valence-electron chi connectivity index (χ0n) is 11.1. The third-order valence-electron chi connectivity index (χ3n) is 3.01. The van der Waals surface area contributed by atoms with E-state index in [1.807, 2.05) is 0 Å². The summed E-state index contributed by atoms with van der Waals surface area (Å²) in [6.07, 6.45) is 1.62. The van der Waals surface area contributed by atoms with Gasteiger partial charge in [-0.25, -0.2) is 0 Å². The van der Waals surface area contributed by atoms with Crippen LogP contribution in [0.3, 0.4) is 0 Å². The van der Waals surface area contributed by atoms with Crippen molar-refractivity contribution in [2.75, 3.05) is 54.0 Å². The number of esters is 1. The molecule has 5 heteroatoms. The highest BCUT2D eigenvalue weighted by Gasteiger charge is 2.18. The normalized spacial score (nSPS) is 21.8. The Bertz CT molecular complexity index is 236. The van der Waals surface area contributed by atoms with E-state index in [2.05, 4.69) is 28.6 Å². The summed E-state index contributed by atoms with van der Waals surface area (Å²) >= 11 is 0. The Morgan fingerprint density at radius 2 is 2.35 bits per heavy atom. The minimum Gasteiger partial charge on any atom is -0.469 e. The molecule has 100 valence electrons. The Morgan fingerprint density at radius 1 is 1.59 bits per heavy atom. The molecular weight excluding hydrogens is 220 g/mol. The zero-order valence-corrected chi connectivity index (χ0v) is 11.1. The standard InChI is InChI=1S/C12H24N2O3/c1-13(6-4-5-12(15)16-3)9-11-10-14(2)7-8-17-11/h11H,4-10H2,1-3H3. The average Bonchev–Trinajstić information content (AvgIpc) is 2.28. The molecule has 0 aromatic heterocycles. The molecule has 1 unspecified atom stereocenters. The Hall–Kier alpha value is -0.650. The van der Waals surface area contributed by atoms with Crippen molar-refractivity contribution in [1.29, 1.82) is 0 Å². The van der Waals surface area contributed by atoms with E-state index < -0.39 is 0 Å². The number of hydrogen-bond donors (Lipinski definition) is 0. The molecule has 1 fully saturated rings. The summed E-state index contributed by atoms with van der Waals surface area (Å²) in [4.78, 5) is 15.5. The molecule has 0 aliphatic carbocycles. The van der Waals surface area contributed by atoms with Crippen LogP contribution in [0.4, 0.5) is 0 Å². The second-order valence-electron chi connectivity index (χ2n) is 4.70. The van der Waals surface area contributed by atoms with Crippen molar-refractivity contribution in [2.24, 2.45) is 0 Å². The van der Waals surface area contributed by atoms with Crippen LogP contribution in [0.1, 0.15) is 12.8 Å². The van der Waals surface area contributed by atoms with Crippen LogP contribution >= 0.6 is 0 Å². The molecule has 0 spiro atoms. The average molecular weight is 244 g/mol.